The first-order valence-electron chi connectivity index (χ1n) is 6.03. The Labute approximate surface area is 99.4 Å². The Bertz CT molecular complexity index is 472. The maximum atomic E-state index is 13.2. The molecule has 2 N–H and O–H groups in total. The molecule has 3 rings (SSSR count). The number of hydrogen-bond donors (Lipinski definition) is 1. The van der Waals surface area contributed by atoms with Crippen molar-refractivity contribution in [2.75, 3.05) is 18.0 Å². The number of anilines is 1. The van der Waals surface area contributed by atoms with Crippen molar-refractivity contribution in [3.63, 3.8) is 0 Å². The van der Waals surface area contributed by atoms with Gasteiger partial charge in [-0.15, -0.1) is 0 Å². The average molecular weight is 238 g/mol. The molecule has 0 aromatic heterocycles. The molecule has 2 aliphatic rings. The van der Waals surface area contributed by atoms with Crippen LogP contribution in [0.2, 0.25) is 0 Å². The Kier molecular flexibility index (Phi) is 2.06. The molecule has 0 spiro atoms. The Morgan fingerprint density at radius 2 is 2.12 bits per heavy atom. The molecule has 0 saturated heterocycles. The molecule has 1 aromatic carbocycles. The minimum Gasteiger partial charge on any atom is -0.371 e. The van der Waals surface area contributed by atoms with Crippen LogP contribution in [0.15, 0.2) is 18.2 Å². The van der Waals surface area contributed by atoms with Crippen molar-refractivity contribution in [3.05, 3.63) is 29.3 Å². The van der Waals surface area contributed by atoms with Gasteiger partial charge in [-0.2, -0.15) is 0 Å². The van der Waals surface area contributed by atoms with Crippen LogP contribution in [0, 0.1) is 0 Å². The van der Waals surface area contributed by atoms with Crippen molar-refractivity contribution in [1.29, 1.82) is 0 Å². The van der Waals surface area contributed by atoms with Crippen LogP contribution in [0.25, 0.3) is 0 Å². The summed E-state index contributed by atoms with van der Waals surface area (Å²) in [5, 5.41) is 0. The summed E-state index contributed by atoms with van der Waals surface area (Å²) in [6.45, 7) is 4.03. The van der Waals surface area contributed by atoms with Gasteiger partial charge in [0, 0.05) is 25.2 Å². The molecule has 4 heteroatoms. The second-order valence-electron chi connectivity index (χ2n) is 5.03. The standard InChI is InChI=1S/C13H16F2N2/c1-2-17-6-5-9-7-10(3-4-11(9)17)12(16)8-13(12,14)15/h3-4,7H,2,5-6,8,16H2,1H3. The minimum atomic E-state index is -2.73. The highest BCUT2D eigenvalue weighted by atomic mass is 19.3. The molecule has 0 radical (unpaired) electrons. The average Bonchev–Trinajstić information content (AvgIpc) is 2.68. The normalized spacial score (nSPS) is 29.3. The van der Waals surface area contributed by atoms with E-state index in [1.165, 1.54) is 5.69 Å². The number of rotatable bonds is 2. The van der Waals surface area contributed by atoms with Gasteiger partial charge in [0.1, 0.15) is 5.54 Å². The molecule has 92 valence electrons. The van der Waals surface area contributed by atoms with Crippen LogP contribution >= 0.6 is 0 Å². The zero-order valence-electron chi connectivity index (χ0n) is 9.84. The van der Waals surface area contributed by atoms with Gasteiger partial charge in [-0.1, -0.05) is 12.1 Å². The predicted molar refractivity (Wildman–Crippen MR) is 63.5 cm³/mol. The summed E-state index contributed by atoms with van der Waals surface area (Å²) in [6, 6.07) is 5.56. The monoisotopic (exact) mass is 238 g/mol. The number of alkyl halides is 2. The van der Waals surface area contributed by atoms with Crippen LogP contribution in [-0.2, 0) is 12.0 Å². The lowest BCUT2D eigenvalue weighted by Gasteiger charge is -2.18. The quantitative estimate of drug-likeness (QED) is 0.856. The minimum absolute atomic E-state index is 0.226. The van der Waals surface area contributed by atoms with Crippen LogP contribution in [0.5, 0.6) is 0 Å². The molecular weight excluding hydrogens is 222 g/mol. The van der Waals surface area contributed by atoms with Gasteiger partial charge in [0.05, 0.1) is 0 Å². The molecule has 1 saturated carbocycles. The fourth-order valence-corrected chi connectivity index (χ4v) is 2.70. The van der Waals surface area contributed by atoms with Crippen molar-refractivity contribution < 1.29 is 8.78 Å². The molecule has 1 atom stereocenters. The molecule has 1 fully saturated rings. The van der Waals surface area contributed by atoms with Gasteiger partial charge in [0.25, 0.3) is 5.92 Å². The maximum Gasteiger partial charge on any atom is 0.272 e. The zero-order chi connectivity index (χ0) is 12.3. The smallest absolute Gasteiger partial charge is 0.272 e. The summed E-state index contributed by atoms with van der Waals surface area (Å²) in [4.78, 5) is 2.26. The fourth-order valence-electron chi connectivity index (χ4n) is 2.70. The maximum absolute atomic E-state index is 13.2. The third kappa shape index (κ3) is 1.40. The molecule has 2 nitrogen and oxygen atoms in total. The van der Waals surface area contributed by atoms with Crippen LogP contribution in [0.3, 0.4) is 0 Å². The number of nitrogens with two attached hydrogens (primary N) is 1. The molecule has 0 bridgehead atoms. The van der Waals surface area contributed by atoms with Gasteiger partial charge in [-0.3, -0.25) is 0 Å². The molecule has 1 heterocycles. The van der Waals surface area contributed by atoms with E-state index in [4.69, 9.17) is 5.73 Å². The third-order valence-corrected chi connectivity index (χ3v) is 4.00. The van der Waals surface area contributed by atoms with Gasteiger partial charge in [-0.05, 0) is 30.5 Å². The Morgan fingerprint density at radius 3 is 2.71 bits per heavy atom. The van der Waals surface area contributed by atoms with E-state index in [0.717, 1.165) is 25.1 Å². The Balaban J connectivity index is 1.96. The predicted octanol–water partition coefficient (Wildman–Crippen LogP) is 2.26. The van der Waals surface area contributed by atoms with Crippen molar-refractivity contribution in [2.24, 2.45) is 5.73 Å². The second-order valence-corrected chi connectivity index (χ2v) is 5.03. The summed E-state index contributed by atoms with van der Waals surface area (Å²) in [5.41, 5.74) is 7.23. The second kappa shape index (κ2) is 3.19. The summed E-state index contributed by atoms with van der Waals surface area (Å²) >= 11 is 0. The van der Waals surface area contributed by atoms with Crippen LogP contribution in [0.4, 0.5) is 14.5 Å². The van der Waals surface area contributed by atoms with Gasteiger partial charge >= 0.3 is 0 Å². The van der Waals surface area contributed by atoms with E-state index in [1.807, 2.05) is 12.1 Å². The Hall–Kier alpha value is -1.16. The number of fused-ring (bicyclic) bond motifs is 1. The van der Waals surface area contributed by atoms with E-state index in [2.05, 4.69) is 11.8 Å². The zero-order valence-corrected chi connectivity index (χ0v) is 9.84. The Morgan fingerprint density at radius 1 is 1.41 bits per heavy atom. The highest BCUT2D eigenvalue weighted by molar-refractivity contribution is 5.60. The lowest BCUT2D eigenvalue weighted by Crippen LogP contribution is -2.27. The number of nitrogens with zero attached hydrogens (tertiary/aromatic N) is 1. The summed E-state index contributed by atoms with van der Waals surface area (Å²) in [7, 11) is 0. The lowest BCUT2D eigenvalue weighted by molar-refractivity contribution is 0.0891. The van der Waals surface area contributed by atoms with Crippen molar-refractivity contribution in [2.45, 2.75) is 31.2 Å². The van der Waals surface area contributed by atoms with Gasteiger partial charge < -0.3 is 10.6 Å². The highest BCUT2D eigenvalue weighted by Crippen LogP contribution is 2.57. The largest absolute Gasteiger partial charge is 0.371 e. The first-order valence-corrected chi connectivity index (χ1v) is 6.03. The van der Waals surface area contributed by atoms with Crippen molar-refractivity contribution in [1.82, 2.24) is 0 Å². The highest BCUT2D eigenvalue weighted by Gasteiger charge is 2.69. The number of benzene rings is 1. The first kappa shape index (κ1) is 11.0. The van der Waals surface area contributed by atoms with E-state index in [0.29, 0.717) is 5.56 Å². The molecule has 17 heavy (non-hydrogen) atoms. The molecule has 1 aromatic rings. The van der Waals surface area contributed by atoms with Crippen LogP contribution < -0.4 is 10.6 Å². The fraction of sp³-hybridized carbons (Fsp3) is 0.538. The van der Waals surface area contributed by atoms with E-state index in [9.17, 15) is 8.78 Å². The summed E-state index contributed by atoms with van der Waals surface area (Å²) in [5.74, 6) is -2.73. The third-order valence-electron chi connectivity index (χ3n) is 4.00. The van der Waals surface area contributed by atoms with Crippen LogP contribution in [0.1, 0.15) is 24.5 Å². The van der Waals surface area contributed by atoms with Gasteiger partial charge in [0.2, 0.25) is 0 Å². The number of likely N-dealkylation sites (N-methyl/N-ethyl adjacent to an activating group) is 1. The number of hydrogen-bond acceptors (Lipinski definition) is 2. The van der Waals surface area contributed by atoms with Crippen molar-refractivity contribution >= 4 is 5.69 Å². The SMILES string of the molecule is CCN1CCc2cc(C3(N)CC3(F)F)ccc21. The molecule has 0 amide bonds. The first-order chi connectivity index (χ1) is 7.98. The van der Waals surface area contributed by atoms with Crippen molar-refractivity contribution in [3.8, 4) is 0 Å². The van der Waals surface area contributed by atoms with E-state index >= 15 is 0 Å². The topological polar surface area (TPSA) is 29.3 Å². The number of halogens is 2. The summed E-state index contributed by atoms with van der Waals surface area (Å²) < 4.78 is 26.5. The molecule has 1 aliphatic carbocycles. The molecule has 1 unspecified atom stereocenters. The summed E-state index contributed by atoms with van der Waals surface area (Å²) in [6.07, 6.45) is 0.703. The molecule has 1 aliphatic heterocycles. The van der Waals surface area contributed by atoms with Crippen LogP contribution in [-0.4, -0.2) is 19.0 Å². The lowest BCUT2D eigenvalue weighted by atomic mass is 10.0. The van der Waals surface area contributed by atoms with E-state index in [-0.39, 0.29) is 6.42 Å². The van der Waals surface area contributed by atoms with E-state index < -0.39 is 11.5 Å². The molecular formula is C13H16F2N2. The van der Waals surface area contributed by atoms with Gasteiger partial charge in [0.15, 0.2) is 0 Å². The van der Waals surface area contributed by atoms with Gasteiger partial charge in [-0.25, -0.2) is 8.78 Å². The van der Waals surface area contributed by atoms with E-state index in [1.54, 1.807) is 6.07 Å².